The molecule has 8 rings (SSSR count). The number of carbonyl (C=O) groups is 1. The minimum Gasteiger partial charge on any atom is -0.333 e. The summed E-state index contributed by atoms with van der Waals surface area (Å²) in [7, 11) is 0. The molecule has 1 N–H and O–H groups in total. The molecule has 0 bridgehead atoms. The summed E-state index contributed by atoms with van der Waals surface area (Å²) in [6, 6.07) is 30.3. The molecule has 0 aliphatic carbocycles. The highest BCUT2D eigenvalue weighted by atomic mass is 32.1. The molecule has 2 saturated heterocycles. The van der Waals surface area contributed by atoms with Gasteiger partial charge in [-0.3, -0.25) is 4.79 Å². The van der Waals surface area contributed by atoms with Gasteiger partial charge in [-0.15, -0.1) is 22.7 Å². The van der Waals surface area contributed by atoms with E-state index in [2.05, 4.69) is 134 Å². The number of rotatable bonds is 5. The number of aromatic nitrogens is 2. The zero-order valence-electron chi connectivity index (χ0n) is 28.3. The number of hydrogen-bond donors (Lipinski definition) is 1. The second-order valence-corrected chi connectivity index (χ2v) is 15.9. The Hall–Kier alpha value is -3.91. The van der Waals surface area contributed by atoms with Crippen LogP contribution in [0.4, 0.5) is 0 Å². The van der Waals surface area contributed by atoms with Gasteiger partial charge in [0.1, 0.15) is 10.0 Å². The van der Waals surface area contributed by atoms with Gasteiger partial charge in [0.15, 0.2) is 0 Å². The first-order valence-electron chi connectivity index (χ1n) is 17.2. The third kappa shape index (κ3) is 6.69. The number of likely N-dealkylation sites (tertiary alicyclic amines) is 1. The summed E-state index contributed by atoms with van der Waals surface area (Å²) in [5, 5.41) is 15.2. The molecule has 0 radical (unpaired) electrons. The maximum absolute atomic E-state index is 13.1. The average Bonchev–Trinajstić information content (AvgIpc) is 3.94. The van der Waals surface area contributed by atoms with Crippen LogP contribution in [-0.4, -0.2) is 33.9 Å². The Kier molecular flexibility index (Phi) is 9.45. The van der Waals surface area contributed by atoms with E-state index in [1.807, 2.05) is 0 Å². The van der Waals surface area contributed by atoms with Crippen LogP contribution in [0.2, 0.25) is 0 Å². The number of fused-ring (bicyclic) bond motifs is 2. The van der Waals surface area contributed by atoms with Crippen LogP contribution < -0.4 is 5.32 Å². The molecule has 246 valence electrons. The fourth-order valence-corrected chi connectivity index (χ4v) is 8.73. The standard InChI is InChI=1S/C24H28N2OS.C17H16N2S/c1-16(24(2,3)4)23(27)26-14-8-13-21(26)22-25-20(15-28-22)19-12-7-10-17-9-5-6-11-18(17)19;1-2-7-13-12(5-1)6-3-8-14(13)16-11-20-17(19-16)15-9-4-10-18-15/h5-7,9-12,15-16,21H,8,13-14H2,1-4H3;1-3,5-8,11,15,18H,4,9-10H2/t16-,21+;15-/m10/s1. The second kappa shape index (κ2) is 13.9. The van der Waals surface area contributed by atoms with Crippen LogP contribution in [0.15, 0.2) is 95.7 Å². The molecule has 48 heavy (non-hydrogen) atoms. The lowest BCUT2D eigenvalue weighted by Gasteiger charge is -2.32. The van der Waals surface area contributed by atoms with E-state index in [-0.39, 0.29) is 23.3 Å². The zero-order chi connectivity index (χ0) is 33.3. The number of hydrogen-bond acceptors (Lipinski definition) is 6. The van der Waals surface area contributed by atoms with Crippen molar-refractivity contribution in [3.63, 3.8) is 0 Å². The van der Waals surface area contributed by atoms with Crippen LogP contribution in [0.5, 0.6) is 0 Å². The lowest BCUT2D eigenvalue weighted by molar-refractivity contribution is -0.139. The molecule has 5 nitrogen and oxygen atoms in total. The first-order chi connectivity index (χ1) is 23.3. The van der Waals surface area contributed by atoms with Gasteiger partial charge in [0.25, 0.3) is 0 Å². The molecule has 0 spiro atoms. The van der Waals surface area contributed by atoms with Gasteiger partial charge >= 0.3 is 0 Å². The Labute approximate surface area is 292 Å². The Bertz CT molecular complexity index is 2020. The smallest absolute Gasteiger partial charge is 0.226 e. The molecular formula is C41H44N4OS2. The molecule has 4 aromatic carbocycles. The van der Waals surface area contributed by atoms with Gasteiger partial charge in [0, 0.05) is 34.3 Å². The van der Waals surface area contributed by atoms with E-state index in [0.717, 1.165) is 42.3 Å². The van der Waals surface area contributed by atoms with Gasteiger partial charge in [-0.1, -0.05) is 113 Å². The minimum absolute atomic E-state index is 0.00518. The van der Waals surface area contributed by atoms with Crippen LogP contribution >= 0.6 is 22.7 Å². The molecule has 2 aromatic heterocycles. The number of nitrogens with zero attached hydrogens (tertiary/aromatic N) is 3. The Morgan fingerprint density at radius 3 is 1.92 bits per heavy atom. The summed E-state index contributed by atoms with van der Waals surface area (Å²) in [4.78, 5) is 25.1. The van der Waals surface area contributed by atoms with Crippen molar-refractivity contribution in [2.45, 2.75) is 65.5 Å². The maximum Gasteiger partial charge on any atom is 0.226 e. The zero-order valence-corrected chi connectivity index (χ0v) is 29.9. The molecule has 2 aliphatic heterocycles. The maximum atomic E-state index is 13.1. The van der Waals surface area contributed by atoms with E-state index >= 15 is 0 Å². The minimum atomic E-state index is -0.0266. The second-order valence-electron chi connectivity index (χ2n) is 14.1. The quantitative estimate of drug-likeness (QED) is 0.198. The topological polar surface area (TPSA) is 58.1 Å². The van der Waals surface area contributed by atoms with Gasteiger partial charge < -0.3 is 10.2 Å². The molecule has 6 aromatic rings. The summed E-state index contributed by atoms with van der Waals surface area (Å²) in [6.45, 7) is 10.4. The van der Waals surface area contributed by atoms with Crippen molar-refractivity contribution in [2.24, 2.45) is 11.3 Å². The molecule has 1 amide bonds. The average molecular weight is 673 g/mol. The highest BCUT2D eigenvalue weighted by molar-refractivity contribution is 7.10. The van der Waals surface area contributed by atoms with Gasteiger partial charge in [0.2, 0.25) is 5.91 Å². The number of amides is 1. The summed E-state index contributed by atoms with van der Waals surface area (Å²) in [5.41, 5.74) is 4.50. The molecule has 0 saturated carbocycles. The van der Waals surface area contributed by atoms with E-state index < -0.39 is 0 Å². The predicted molar refractivity (Wildman–Crippen MR) is 202 cm³/mol. The van der Waals surface area contributed by atoms with Crippen molar-refractivity contribution >= 4 is 50.1 Å². The van der Waals surface area contributed by atoms with Crippen LogP contribution in [0.1, 0.15) is 75.5 Å². The lowest BCUT2D eigenvalue weighted by Crippen LogP contribution is -2.39. The highest BCUT2D eigenvalue weighted by Gasteiger charge is 2.37. The summed E-state index contributed by atoms with van der Waals surface area (Å²) >= 11 is 3.46. The van der Waals surface area contributed by atoms with Crippen LogP contribution in [-0.2, 0) is 4.79 Å². The van der Waals surface area contributed by atoms with Crippen LogP contribution in [0, 0.1) is 11.3 Å². The van der Waals surface area contributed by atoms with Crippen molar-refractivity contribution in [1.82, 2.24) is 20.2 Å². The lowest BCUT2D eigenvalue weighted by atomic mass is 9.81. The van der Waals surface area contributed by atoms with E-state index in [1.165, 1.54) is 50.5 Å². The largest absolute Gasteiger partial charge is 0.333 e. The summed E-state index contributed by atoms with van der Waals surface area (Å²) < 4.78 is 0. The molecule has 4 heterocycles. The Balaban J connectivity index is 0.000000160. The first-order valence-corrected chi connectivity index (χ1v) is 18.9. The fraction of sp³-hybridized carbons (Fsp3) is 0.341. The monoisotopic (exact) mass is 672 g/mol. The predicted octanol–water partition coefficient (Wildman–Crippen LogP) is 10.7. The molecule has 0 unspecified atom stereocenters. The third-order valence-electron chi connectivity index (χ3n) is 10.0. The van der Waals surface area contributed by atoms with Crippen molar-refractivity contribution in [3.05, 3.63) is 106 Å². The SMILES string of the molecule is C[C@H](C(=O)N1CCC[C@H]1c1nc(-c2cccc3ccccc23)cs1)C(C)(C)C.c1ccc2c(-c3csc([C@@H]4CCCN4)n3)cccc2c1. The van der Waals surface area contributed by atoms with E-state index in [1.54, 1.807) is 22.7 Å². The normalized spacial score (nSPS) is 18.6. The molecule has 3 atom stereocenters. The van der Waals surface area contributed by atoms with Gasteiger partial charge in [0.05, 0.1) is 23.5 Å². The Morgan fingerprint density at radius 2 is 1.33 bits per heavy atom. The van der Waals surface area contributed by atoms with Gasteiger partial charge in [-0.2, -0.15) is 0 Å². The van der Waals surface area contributed by atoms with Crippen molar-refractivity contribution in [3.8, 4) is 22.5 Å². The molecule has 7 heteroatoms. The number of carbonyl (C=O) groups excluding carboxylic acids is 1. The third-order valence-corrected chi connectivity index (χ3v) is 11.9. The van der Waals surface area contributed by atoms with E-state index in [0.29, 0.717) is 6.04 Å². The van der Waals surface area contributed by atoms with Crippen LogP contribution in [0.25, 0.3) is 44.1 Å². The van der Waals surface area contributed by atoms with E-state index in [9.17, 15) is 4.79 Å². The van der Waals surface area contributed by atoms with Crippen molar-refractivity contribution in [2.75, 3.05) is 13.1 Å². The number of thiazole rings is 2. The van der Waals surface area contributed by atoms with Gasteiger partial charge in [-0.05, 0) is 59.2 Å². The summed E-state index contributed by atoms with van der Waals surface area (Å²) in [6.07, 6.45) is 4.53. The number of benzene rings is 4. The van der Waals surface area contributed by atoms with Crippen molar-refractivity contribution in [1.29, 1.82) is 0 Å². The van der Waals surface area contributed by atoms with E-state index in [4.69, 9.17) is 9.97 Å². The molecular weight excluding hydrogens is 629 g/mol. The molecule has 2 aliphatic rings. The highest BCUT2D eigenvalue weighted by Crippen LogP contribution is 2.40. The number of nitrogens with one attached hydrogen (secondary N) is 1. The van der Waals surface area contributed by atoms with Crippen molar-refractivity contribution < 1.29 is 4.79 Å². The Morgan fingerprint density at radius 1 is 0.771 bits per heavy atom. The fourth-order valence-electron chi connectivity index (χ4n) is 6.83. The molecule has 2 fully saturated rings. The summed E-state index contributed by atoms with van der Waals surface area (Å²) in [5.74, 6) is 0.266. The van der Waals surface area contributed by atoms with Crippen LogP contribution in [0.3, 0.4) is 0 Å². The van der Waals surface area contributed by atoms with Gasteiger partial charge in [-0.25, -0.2) is 9.97 Å². The first kappa shape index (κ1) is 32.6.